The average molecular weight is 648 g/mol. The highest BCUT2D eigenvalue weighted by Crippen LogP contribution is 2.25. The Kier molecular flexibility index (Phi) is 13.2. The third-order valence-electron chi connectivity index (χ3n) is 6.96. The molecule has 3 rings (SSSR count). The lowest BCUT2D eigenvalue weighted by atomic mass is 10.0. The van der Waals surface area contributed by atoms with E-state index >= 15 is 0 Å². The molecule has 45 heavy (non-hydrogen) atoms. The van der Waals surface area contributed by atoms with Crippen LogP contribution in [0.15, 0.2) is 89.8 Å². The summed E-state index contributed by atoms with van der Waals surface area (Å²) >= 11 is 1.63. The topological polar surface area (TPSA) is 65.1 Å². The van der Waals surface area contributed by atoms with Gasteiger partial charge in [-0.05, 0) is 93.7 Å². The van der Waals surface area contributed by atoms with Gasteiger partial charge < -0.3 is 14.2 Å². The number of benzene rings is 3. The molecule has 0 fully saturated rings. The lowest BCUT2D eigenvalue weighted by Crippen LogP contribution is -2.44. The van der Waals surface area contributed by atoms with Gasteiger partial charge >= 0.3 is 5.97 Å². The zero-order valence-electron chi connectivity index (χ0n) is 28.1. The van der Waals surface area contributed by atoms with Crippen LogP contribution in [0.3, 0.4) is 0 Å². The number of allylic oxidation sites excluding steroid dienone is 1. The van der Waals surface area contributed by atoms with Crippen molar-refractivity contribution < 1.29 is 23.8 Å². The van der Waals surface area contributed by atoms with Crippen LogP contribution in [0.1, 0.15) is 55.6 Å². The van der Waals surface area contributed by atoms with Crippen molar-refractivity contribution in [3.63, 3.8) is 0 Å². The van der Waals surface area contributed by atoms with Crippen LogP contribution in [0, 0.1) is 0 Å². The second-order valence-electron chi connectivity index (χ2n) is 13.6. The molecule has 0 atom stereocenters. The summed E-state index contributed by atoms with van der Waals surface area (Å²) in [4.78, 5) is 29.3. The van der Waals surface area contributed by atoms with Gasteiger partial charge in [-0.3, -0.25) is 9.69 Å². The van der Waals surface area contributed by atoms with E-state index in [1.807, 2.05) is 62.6 Å². The number of ether oxygens (including phenoxy) is 3. The smallest absolute Gasteiger partial charge is 0.350 e. The third-order valence-corrected chi connectivity index (χ3v) is 9.10. The molecular weight excluding hydrogens is 599 g/mol. The molecule has 0 aliphatic heterocycles. The van der Waals surface area contributed by atoms with Crippen molar-refractivity contribution in [2.45, 2.75) is 76.4 Å². The summed E-state index contributed by atoms with van der Waals surface area (Å²) in [5.41, 5.74) is 0.727. The molecule has 0 amide bonds. The van der Waals surface area contributed by atoms with E-state index in [-0.39, 0.29) is 5.78 Å². The molecule has 0 spiro atoms. The van der Waals surface area contributed by atoms with Crippen LogP contribution >= 0.6 is 11.8 Å². The Balaban J connectivity index is 1.52. The second kappa shape index (κ2) is 16.4. The van der Waals surface area contributed by atoms with Crippen LogP contribution < -0.4 is 4.74 Å². The summed E-state index contributed by atoms with van der Waals surface area (Å²) in [6, 6.07) is 25.3. The van der Waals surface area contributed by atoms with E-state index in [4.69, 9.17) is 14.2 Å². The minimum absolute atomic E-state index is 0.0796. The van der Waals surface area contributed by atoms with Gasteiger partial charge in [0.25, 0.3) is 0 Å². The first-order valence-electron chi connectivity index (χ1n) is 15.4. The van der Waals surface area contributed by atoms with Gasteiger partial charge in [0, 0.05) is 23.4 Å². The molecule has 3 aromatic rings. The highest BCUT2D eigenvalue weighted by Gasteiger charge is 2.36. The fourth-order valence-electron chi connectivity index (χ4n) is 4.64. The van der Waals surface area contributed by atoms with E-state index in [9.17, 15) is 9.59 Å². The largest absolute Gasteiger partial charge is 0.476 e. The highest BCUT2D eigenvalue weighted by atomic mass is 32.2. The number of carbonyl (C=O) groups is 2. The number of ketones is 1. The zero-order chi connectivity index (χ0) is 33.1. The van der Waals surface area contributed by atoms with Crippen molar-refractivity contribution in [1.82, 2.24) is 4.90 Å². The number of esters is 1. The van der Waals surface area contributed by atoms with Gasteiger partial charge in [-0.25, -0.2) is 4.79 Å². The van der Waals surface area contributed by atoms with Crippen molar-refractivity contribution in [2.24, 2.45) is 0 Å². The van der Waals surface area contributed by atoms with Crippen molar-refractivity contribution in [3.8, 4) is 5.75 Å². The first-order valence-corrected chi connectivity index (χ1v) is 20.3. The lowest BCUT2D eigenvalue weighted by molar-refractivity contribution is -0.174. The summed E-state index contributed by atoms with van der Waals surface area (Å²) < 4.78 is 18.1. The normalized spacial score (nSPS) is 12.5. The second-order valence-corrected chi connectivity index (χ2v) is 19.9. The van der Waals surface area contributed by atoms with Crippen molar-refractivity contribution >= 4 is 37.7 Å². The van der Waals surface area contributed by atoms with E-state index in [1.165, 1.54) is 5.56 Å². The molecule has 0 aromatic heterocycles. The fourth-order valence-corrected chi connectivity index (χ4v) is 6.59. The van der Waals surface area contributed by atoms with Crippen LogP contribution in [0.5, 0.6) is 5.75 Å². The number of hydrogen-bond acceptors (Lipinski definition) is 7. The van der Waals surface area contributed by atoms with Crippen LogP contribution in [0.4, 0.5) is 0 Å². The molecule has 6 nitrogen and oxygen atoms in total. The lowest BCUT2D eigenvalue weighted by Gasteiger charge is -2.32. The molecule has 0 N–H and O–H groups in total. The Labute approximate surface area is 275 Å². The highest BCUT2D eigenvalue weighted by molar-refractivity contribution is 7.98. The molecule has 0 radical (unpaired) electrons. The van der Waals surface area contributed by atoms with E-state index in [0.717, 1.165) is 23.2 Å². The minimum Gasteiger partial charge on any atom is -0.476 e. The van der Waals surface area contributed by atoms with Crippen LogP contribution in [-0.4, -0.2) is 61.7 Å². The van der Waals surface area contributed by atoms with Crippen LogP contribution in [-0.2, 0) is 20.8 Å². The summed E-state index contributed by atoms with van der Waals surface area (Å²) in [5.74, 6) is -0.0243. The van der Waals surface area contributed by atoms with Gasteiger partial charge in [0.05, 0.1) is 21.4 Å². The van der Waals surface area contributed by atoms with Crippen molar-refractivity contribution in [3.05, 3.63) is 102 Å². The fraction of sp³-hybridized carbons (Fsp3) is 0.405. The maximum Gasteiger partial charge on any atom is 0.350 e. The Morgan fingerprint density at radius 1 is 0.911 bits per heavy atom. The number of carbonyl (C=O) groups excluding carboxylic acids is 2. The summed E-state index contributed by atoms with van der Waals surface area (Å²) in [6.07, 6.45) is 6.88. The summed E-state index contributed by atoms with van der Waals surface area (Å²) in [5, 5.41) is 0. The molecule has 3 aromatic carbocycles. The monoisotopic (exact) mass is 647 g/mol. The predicted molar refractivity (Wildman–Crippen MR) is 189 cm³/mol. The van der Waals surface area contributed by atoms with Crippen LogP contribution in [0.25, 0.3) is 6.08 Å². The molecule has 0 saturated heterocycles. The number of hydrogen-bond donors (Lipinski definition) is 0. The molecule has 0 bridgehead atoms. The molecular formula is C37H49NO5SSi. The van der Waals surface area contributed by atoms with E-state index < -0.39 is 25.2 Å². The molecule has 0 unspecified atom stereocenters. The van der Waals surface area contributed by atoms with Crippen molar-refractivity contribution in [1.29, 1.82) is 0 Å². The zero-order valence-corrected chi connectivity index (χ0v) is 29.9. The maximum atomic E-state index is 13.2. The Morgan fingerprint density at radius 2 is 1.60 bits per heavy atom. The molecule has 0 aliphatic carbocycles. The molecule has 8 heteroatoms. The molecule has 242 valence electrons. The summed E-state index contributed by atoms with van der Waals surface area (Å²) in [7, 11) is -1.33. The SMILES string of the molecule is CSc1ccc(C(=O)/C=C/c2cccc(OC(C)(C)C(=O)OC(C)(C)CCOCN(Cc3ccccc3)C[Si](C)(C)C)c2)cc1. The first kappa shape index (κ1) is 36.3. The van der Waals surface area contributed by atoms with Gasteiger partial charge in [0.1, 0.15) is 11.4 Å². The number of thioether (sulfide) groups is 1. The maximum absolute atomic E-state index is 13.2. The van der Waals surface area contributed by atoms with E-state index in [0.29, 0.717) is 31.1 Å². The van der Waals surface area contributed by atoms with E-state index in [1.54, 1.807) is 49.9 Å². The Hall–Kier alpha value is -3.17. The van der Waals surface area contributed by atoms with Crippen LogP contribution in [0.2, 0.25) is 19.6 Å². The van der Waals surface area contributed by atoms with Gasteiger partial charge in [-0.1, -0.05) is 68.2 Å². The van der Waals surface area contributed by atoms with Gasteiger partial charge in [-0.15, -0.1) is 11.8 Å². The number of rotatable bonds is 17. The standard InChI is InChI=1S/C37H49NO5SSi/c1-36(2,23-24-41-27-38(28-45(6,7)8)26-30-13-10-9-11-14-30)43-35(40)37(3,4)42-32-16-12-15-29(25-32)17-22-34(39)31-18-20-33(44-5)21-19-31/h9-22,25H,23-24,26-28H2,1-8H3/b22-17+. The molecule has 0 saturated carbocycles. The third kappa shape index (κ3) is 13.0. The predicted octanol–water partition coefficient (Wildman–Crippen LogP) is 8.53. The Bertz CT molecular complexity index is 1410. The average Bonchev–Trinajstić information content (AvgIpc) is 2.97. The van der Waals surface area contributed by atoms with Gasteiger partial charge in [0.15, 0.2) is 11.4 Å². The molecule has 0 heterocycles. The summed E-state index contributed by atoms with van der Waals surface area (Å²) in [6.45, 7) is 16.1. The Morgan fingerprint density at radius 3 is 2.24 bits per heavy atom. The van der Waals surface area contributed by atoms with E-state index in [2.05, 4.69) is 48.8 Å². The molecule has 0 aliphatic rings. The first-order chi connectivity index (χ1) is 21.2. The van der Waals surface area contributed by atoms with Crippen molar-refractivity contribution in [2.75, 3.05) is 25.8 Å². The number of nitrogens with zero attached hydrogens (tertiary/aromatic N) is 1. The minimum atomic E-state index is -1.33. The van der Waals surface area contributed by atoms with Gasteiger partial charge in [0.2, 0.25) is 0 Å². The quantitative estimate of drug-likeness (QED) is 0.0277. The van der Waals surface area contributed by atoms with Gasteiger partial charge in [-0.2, -0.15) is 0 Å².